The van der Waals surface area contributed by atoms with Gasteiger partial charge in [-0.1, -0.05) is 0 Å². The normalized spacial score (nSPS) is 24.2. The van der Waals surface area contributed by atoms with Crippen LogP contribution in [0.5, 0.6) is 0 Å². The Morgan fingerprint density at radius 2 is 0.960 bits per heavy atom. The highest BCUT2D eigenvalue weighted by molar-refractivity contribution is 8.34. The Balaban J connectivity index is 1.83. The molecule has 2 aliphatic heterocycles. The van der Waals surface area contributed by atoms with Crippen LogP contribution in [0.1, 0.15) is 19.3 Å². The molecule has 2 aliphatic rings. The topological polar surface area (TPSA) is 0 Å². The van der Waals surface area contributed by atoms with Gasteiger partial charge in [0, 0.05) is 0 Å². The number of alkyl halides is 6. The Labute approximate surface area is 169 Å². The summed E-state index contributed by atoms with van der Waals surface area (Å²) in [5.74, 6) is 2.32. The van der Waals surface area contributed by atoms with Crippen molar-refractivity contribution in [2.75, 3.05) is 34.5 Å². The zero-order valence-electron chi connectivity index (χ0n) is 13.1. The maximum absolute atomic E-state index is 13.4. The molecule has 2 rings (SSSR count). The van der Waals surface area contributed by atoms with E-state index in [2.05, 4.69) is 0 Å². The Morgan fingerprint density at radius 3 is 1.24 bits per heavy atom. The molecule has 0 aromatic heterocycles. The molecule has 2 heterocycles. The molecule has 0 spiro atoms. The van der Waals surface area contributed by atoms with Gasteiger partial charge < -0.3 is 0 Å². The molecular weight excluding hydrogens is 463 g/mol. The lowest BCUT2D eigenvalue weighted by molar-refractivity contribution is -0.120. The van der Waals surface area contributed by atoms with E-state index < -0.39 is 19.2 Å². The predicted molar refractivity (Wildman–Crippen MR) is 106 cm³/mol. The summed E-state index contributed by atoms with van der Waals surface area (Å²) in [5.41, 5.74) is 0. The van der Waals surface area contributed by atoms with E-state index >= 15 is 0 Å². The summed E-state index contributed by atoms with van der Waals surface area (Å²) < 4.78 is 76.6. The number of hydrogen-bond donors (Lipinski definition) is 0. The lowest BCUT2D eigenvalue weighted by Crippen LogP contribution is -2.39. The molecule has 0 bridgehead atoms. The molecule has 2 fully saturated rings. The minimum absolute atomic E-state index is 0.218. The van der Waals surface area contributed by atoms with Crippen LogP contribution < -0.4 is 0 Å². The van der Waals surface area contributed by atoms with E-state index in [0.29, 0.717) is 29.4 Å². The zero-order chi connectivity index (χ0) is 18.6. The fourth-order valence-corrected chi connectivity index (χ4v) is 12.0. The Kier molecular flexibility index (Phi) is 8.68. The second kappa shape index (κ2) is 9.45. The van der Waals surface area contributed by atoms with Crippen LogP contribution in [0.4, 0.5) is 26.3 Å². The lowest BCUT2D eigenvalue weighted by atomic mass is 10.6. The maximum Gasteiger partial charge on any atom is 0.421 e. The molecule has 0 amide bonds. The molecular formula is C13H18F6S6. The highest BCUT2D eigenvalue weighted by atomic mass is 32.3. The van der Waals surface area contributed by atoms with Gasteiger partial charge in [-0.2, -0.15) is 26.3 Å². The summed E-state index contributed by atoms with van der Waals surface area (Å²) >= 11 is 5.33. The number of thioether (sulfide) groups is 6. The van der Waals surface area contributed by atoms with Crippen LogP contribution in [-0.2, 0) is 0 Å². The molecule has 0 N–H and O–H groups in total. The SMILES string of the molecule is FC(F)(F)C1(SCCCSC2(C(F)(F)F)SCCCS2)SCCCS1. The van der Waals surface area contributed by atoms with Crippen molar-refractivity contribution in [2.45, 2.75) is 38.4 Å². The number of halogens is 6. The zero-order valence-corrected chi connectivity index (χ0v) is 18.0. The van der Waals surface area contributed by atoms with Gasteiger partial charge >= 0.3 is 12.4 Å². The van der Waals surface area contributed by atoms with Gasteiger partial charge in [0.25, 0.3) is 0 Å². The van der Waals surface area contributed by atoms with Crippen LogP contribution in [0.15, 0.2) is 0 Å². The minimum Gasteiger partial charge on any atom is -0.168 e. The average Bonchev–Trinajstić information content (AvgIpc) is 2.54. The molecule has 0 nitrogen and oxygen atoms in total. The smallest absolute Gasteiger partial charge is 0.168 e. The van der Waals surface area contributed by atoms with Crippen molar-refractivity contribution >= 4 is 70.6 Å². The van der Waals surface area contributed by atoms with Gasteiger partial charge in [-0.15, -0.1) is 70.6 Å². The Morgan fingerprint density at radius 1 is 0.640 bits per heavy atom. The second-order valence-corrected chi connectivity index (χ2v) is 14.7. The summed E-state index contributed by atoms with van der Waals surface area (Å²) in [5, 5.41) is 0. The van der Waals surface area contributed by atoms with E-state index in [1.54, 1.807) is 0 Å². The third kappa shape index (κ3) is 5.83. The number of hydrogen-bond acceptors (Lipinski definition) is 6. The molecule has 0 aliphatic carbocycles. The average molecular weight is 481 g/mol. The van der Waals surface area contributed by atoms with E-state index in [-0.39, 0.29) is 11.5 Å². The van der Waals surface area contributed by atoms with Gasteiger partial charge in [-0.3, -0.25) is 0 Å². The summed E-state index contributed by atoms with van der Waals surface area (Å²) in [7, 11) is 0. The first kappa shape index (κ1) is 23.0. The molecule has 0 aromatic rings. The minimum atomic E-state index is -4.32. The number of rotatable bonds is 6. The third-order valence-corrected chi connectivity index (χ3v) is 14.2. The molecule has 0 aromatic carbocycles. The third-order valence-electron chi connectivity index (χ3n) is 3.31. The molecule has 0 radical (unpaired) electrons. The molecule has 0 atom stereocenters. The van der Waals surface area contributed by atoms with Gasteiger partial charge in [0.1, 0.15) is 0 Å². The fraction of sp³-hybridized carbons (Fsp3) is 1.00. The van der Waals surface area contributed by atoms with Gasteiger partial charge in [0.15, 0.2) is 0 Å². The summed E-state index contributed by atoms with van der Waals surface area (Å²) in [6, 6.07) is 0. The van der Waals surface area contributed by atoms with E-state index in [4.69, 9.17) is 0 Å². The second-order valence-electron chi connectivity index (χ2n) is 5.26. The standard InChI is InChI=1S/C13H18F6S6/c14-10(15,16)12(20-4-1-5-21-12)24-8-3-9-25-13(11(17,18)19)22-6-2-7-23-13/h1-9H2. The van der Waals surface area contributed by atoms with E-state index in [1.165, 1.54) is 0 Å². The predicted octanol–water partition coefficient (Wildman–Crippen LogP) is 7.02. The van der Waals surface area contributed by atoms with Gasteiger partial charge in [0.05, 0.1) is 0 Å². The van der Waals surface area contributed by atoms with Crippen molar-refractivity contribution in [3.05, 3.63) is 0 Å². The van der Waals surface area contributed by atoms with Crippen LogP contribution in [0, 0.1) is 0 Å². The van der Waals surface area contributed by atoms with Crippen LogP contribution in [0.2, 0.25) is 0 Å². The first-order valence-electron chi connectivity index (χ1n) is 7.59. The first-order valence-corrected chi connectivity index (χ1v) is 13.5. The van der Waals surface area contributed by atoms with Crippen LogP contribution >= 0.6 is 70.6 Å². The van der Waals surface area contributed by atoms with Gasteiger partial charge in [-0.05, 0) is 53.8 Å². The molecule has 0 unspecified atom stereocenters. The first-order chi connectivity index (χ1) is 11.6. The highest BCUT2D eigenvalue weighted by Crippen LogP contribution is 2.61. The van der Waals surface area contributed by atoms with Crippen molar-refractivity contribution in [3.8, 4) is 0 Å². The van der Waals surface area contributed by atoms with Crippen molar-refractivity contribution in [1.29, 1.82) is 0 Å². The van der Waals surface area contributed by atoms with E-state index in [9.17, 15) is 26.3 Å². The molecule has 2 saturated heterocycles. The lowest BCUT2D eigenvalue weighted by Gasteiger charge is -2.37. The molecule has 0 saturated carbocycles. The largest absolute Gasteiger partial charge is 0.421 e. The van der Waals surface area contributed by atoms with Gasteiger partial charge in [0.2, 0.25) is 6.82 Å². The Bertz CT molecular complexity index is 376. The van der Waals surface area contributed by atoms with Crippen molar-refractivity contribution in [2.24, 2.45) is 0 Å². The van der Waals surface area contributed by atoms with Crippen molar-refractivity contribution < 1.29 is 26.3 Å². The Hall–Kier alpha value is 1.68. The molecule has 25 heavy (non-hydrogen) atoms. The molecule has 12 heteroatoms. The molecule has 148 valence electrons. The van der Waals surface area contributed by atoms with Crippen LogP contribution in [-0.4, -0.2) is 53.7 Å². The quantitative estimate of drug-likeness (QED) is 0.294. The highest BCUT2D eigenvalue weighted by Gasteiger charge is 2.58. The summed E-state index contributed by atoms with van der Waals surface area (Å²) in [6.45, 7) is 0. The van der Waals surface area contributed by atoms with Crippen LogP contribution in [0.3, 0.4) is 0 Å². The maximum atomic E-state index is 13.4. The van der Waals surface area contributed by atoms with Gasteiger partial charge in [-0.25, -0.2) is 0 Å². The van der Waals surface area contributed by atoms with Crippen LogP contribution in [0.25, 0.3) is 0 Å². The van der Waals surface area contributed by atoms with Crippen molar-refractivity contribution in [1.82, 2.24) is 0 Å². The van der Waals surface area contributed by atoms with E-state index in [1.807, 2.05) is 0 Å². The monoisotopic (exact) mass is 480 g/mol. The van der Waals surface area contributed by atoms with Crippen molar-refractivity contribution in [3.63, 3.8) is 0 Å². The summed E-state index contributed by atoms with van der Waals surface area (Å²) in [6.07, 6.45) is -6.78. The summed E-state index contributed by atoms with van der Waals surface area (Å²) in [4.78, 5) is 0. The van der Waals surface area contributed by atoms with E-state index in [0.717, 1.165) is 83.4 Å². The fourth-order valence-electron chi connectivity index (χ4n) is 2.16.